The topological polar surface area (TPSA) is 95.5 Å². The smallest absolute Gasteiger partial charge is 0.303 e. The van der Waals surface area contributed by atoms with Gasteiger partial charge in [0.25, 0.3) is 5.91 Å². The Kier molecular flexibility index (Phi) is 8.78. The highest BCUT2D eigenvalue weighted by molar-refractivity contribution is 9.10. The summed E-state index contributed by atoms with van der Waals surface area (Å²) in [5, 5.41) is 14.5. The number of carbonyl (C=O) groups is 3. The Morgan fingerprint density at radius 1 is 0.848 bits per heavy atom. The van der Waals surface area contributed by atoms with Gasteiger partial charge in [0.1, 0.15) is 6.04 Å². The van der Waals surface area contributed by atoms with Gasteiger partial charge in [-0.05, 0) is 53.8 Å². The summed E-state index contributed by atoms with van der Waals surface area (Å²) in [6.45, 7) is 0.381. The molecule has 7 heteroatoms. The minimum Gasteiger partial charge on any atom is -0.481 e. The average Bonchev–Trinajstić information content (AvgIpc) is 2.83. The summed E-state index contributed by atoms with van der Waals surface area (Å²) >= 11 is 3.38. The molecule has 3 N–H and O–H groups in total. The van der Waals surface area contributed by atoms with E-state index in [4.69, 9.17) is 5.11 Å². The van der Waals surface area contributed by atoms with E-state index in [1.54, 1.807) is 12.1 Å². The molecule has 0 radical (unpaired) electrons. The second-order valence-electron chi connectivity index (χ2n) is 7.57. The molecule has 0 aliphatic heterocycles. The van der Waals surface area contributed by atoms with Gasteiger partial charge in [-0.1, -0.05) is 70.5 Å². The van der Waals surface area contributed by atoms with Crippen molar-refractivity contribution in [2.45, 2.75) is 25.3 Å². The third-order valence-corrected chi connectivity index (χ3v) is 5.68. The third kappa shape index (κ3) is 7.57. The van der Waals surface area contributed by atoms with E-state index in [1.807, 2.05) is 66.7 Å². The zero-order chi connectivity index (χ0) is 23.6. The van der Waals surface area contributed by atoms with E-state index < -0.39 is 23.8 Å². The van der Waals surface area contributed by atoms with Crippen LogP contribution in [0.3, 0.4) is 0 Å². The second kappa shape index (κ2) is 12.0. The molecule has 170 valence electrons. The maximum atomic E-state index is 12.7. The molecule has 3 aromatic carbocycles. The van der Waals surface area contributed by atoms with Crippen LogP contribution >= 0.6 is 15.9 Å². The number of halogens is 1. The van der Waals surface area contributed by atoms with Crippen molar-refractivity contribution in [1.29, 1.82) is 0 Å². The Bertz CT molecular complexity index is 1080. The van der Waals surface area contributed by atoms with Crippen LogP contribution in [0.4, 0.5) is 0 Å². The first kappa shape index (κ1) is 24.2. The monoisotopic (exact) mass is 508 g/mol. The van der Waals surface area contributed by atoms with Crippen LogP contribution in [0, 0.1) is 0 Å². The van der Waals surface area contributed by atoms with Gasteiger partial charge in [0, 0.05) is 23.0 Å². The highest BCUT2D eigenvalue weighted by Crippen LogP contribution is 2.19. The van der Waals surface area contributed by atoms with E-state index in [9.17, 15) is 14.4 Å². The van der Waals surface area contributed by atoms with E-state index in [-0.39, 0.29) is 12.8 Å². The second-order valence-corrected chi connectivity index (χ2v) is 8.49. The lowest BCUT2D eigenvalue weighted by atomic mass is 10.0. The van der Waals surface area contributed by atoms with Gasteiger partial charge in [-0.3, -0.25) is 14.4 Å². The first-order chi connectivity index (χ1) is 15.9. The van der Waals surface area contributed by atoms with Gasteiger partial charge in [-0.25, -0.2) is 0 Å². The van der Waals surface area contributed by atoms with Crippen LogP contribution in [0.15, 0.2) is 83.3 Å². The summed E-state index contributed by atoms with van der Waals surface area (Å²) in [4.78, 5) is 36.4. The molecular formula is C26H25BrN2O4. The third-order valence-electron chi connectivity index (χ3n) is 5.15. The molecule has 1 atom stereocenters. The Morgan fingerprint density at radius 3 is 2.12 bits per heavy atom. The van der Waals surface area contributed by atoms with Crippen LogP contribution in [-0.4, -0.2) is 35.5 Å². The summed E-state index contributed by atoms with van der Waals surface area (Å²) in [5.74, 6) is -1.85. The number of hydrogen-bond donors (Lipinski definition) is 3. The lowest BCUT2D eigenvalue weighted by Gasteiger charge is -2.18. The summed E-state index contributed by atoms with van der Waals surface area (Å²) < 4.78 is 0.975. The zero-order valence-electron chi connectivity index (χ0n) is 18.0. The molecule has 3 rings (SSSR count). The fourth-order valence-electron chi connectivity index (χ4n) is 3.33. The number of hydrogen-bond acceptors (Lipinski definition) is 3. The van der Waals surface area contributed by atoms with Crippen molar-refractivity contribution in [1.82, 2.24) is 10.6 Å². The molecule has 0 aliphatic rings. The van der Waals surface area contributed by atoms with Gasteiger partial charge < -0.3 is 15.7 Å². The van der Waals surface area contributed by atoms with Gasteiger partial charge in [0.2, 0.25) is 5.91 Å². The first-order valence-electron chi connectivity index (χ1n) is 10.6. The van der Waals surface area contributed by atoms with Gasteiger partial charge in [0.05, 0.1) is 0 Å². The van der Waals surface area contributed by atoms with Crippen LogP contribution in [-0.2, 0) is 16.0 Å². The number of carboxylic acid groups (broad SMARTS) is 1. The van der Waals surface area contributed by atoms with Crippen molar-refractivity contribution in [2.24, 2.45) is 0 Å². The lowest BCUT2D eigenvalue weighted by Crippen LogP contribution is -2.47. The Morgan fingerprint density at radius 2 is 1.48 bits per heavy atom. The van der Waals surface area contributed by atoms with Gasteiger partial charge in [-0.15, -0.1) is 0 Å². The van der Waals surface area contributed by atoms with E-state index >= 15 is 0 Å². The normalized spacial score (nSPS) is 11.4. The van der Waals surface area contributed by atoms with Crippen molar-refractivity contribution in [2.75, 3.05) is 6.54 Å². The number of carboxylic acids is 1. The van der Waals surface area contributed by atoms with E-state index in [1.165, 1.54) is 0 Å². The van der Waals surface area contributed by atoms with Crippen molar-refractivity contribution < 1.29 is 19.5 Å². The molecule has 0 spiro atoms. The summed E-state index contributed by atoms with van der Waals surface area (Å²) in [6.07, 6.45) is 0.408. The van der Waals surface area contributed by atoms with Crippen LogP contribution < -0.4 is 10.6 Å². The Labute approximate surface area is 201 Å². The molecule has 3 aromatic rings. The minimum absolute atomic E-state index is 0.00723. The number of amides is 2. The Balaban J connectivity index is 1.60. The van der Waals surface area contributed by atoms with E-state index in [0.29, 0.717) is 18.5 Å². The van der Waals surface area contributed by atoms with E-state index in [2.05, 4.69) is 26.6 Å². The molecule has 2 amide bonds. The standard InChI is InChI=1S/C26H25BrN2O4/c27-22-12-6-18(7-13-22)16-17-28-26(33)23(14-15-24(30)31)29-25(32)21-10-8-20(9-11-21)19-4-2-1-3-5-19/h1-13,23H,14-17H2,(H,28,33)(H,29,32)(H,30,31)/t23-/m0/s1. The quantitative estimate of drug-likeness (QED) is 0.377. The molecule has 0 saturated heterocycles. The predicted molar refractivity (Wildman–Crippen MR) is 131 cm³/mol. The molecule has 0 aliphatic carbocycles. The SMILES string of the molecule is O=C(O)CC[C@H](NC(=O)c1ccc(-c2ccccc2)cc1)C(=O)NCCc1ccc(Br)cc1. The van der Waals surface area contributed by atoms with Crippen molar-refractivity contribution in [3.8, 4) is 11.1 Å². The summed E-state index contributed by atoms with van der Waals surface area (Å²) in [7, 11) is 0. The number of nitrogens with one attached hydrogen (secondary N) is 2. The highest BCUT2D eigenvalue weighted by atomic mass is 79.9. The fraction of sp³-hybridized carbons (Fsp3) is 0.192. The number of carbonyl (C=O) groups excluding carboxylic acids is 2. The number of aliphatic carboxylic acids is 1. The first-order valence-corrected chi connectivity index (χ1v) is 11.4. The summed E-state index contributed by atoms with van der Waals surface area (Å²) in [5.41, 5.74) is 3.47. The fourth-order valence-corrected chi connectivity index (χ4v) is 3.59. The number of rotatable bonds is 10. The Hall–Kier alpha value is -3.45. The molecule has 0 heterocycles. The average molecular weight is 509 g/mol. The lowest BCUT2D eigenvalue weighted by molar-refractivity contribution is -0.137. The minimum atomic E-state index is -1.02. The molecule has 0 saturated carbocycles. The van der Waals surface area contributed by atoms with Gasteiger partial charge in [0.15, 0.2) is 0 Å². The van der Waals surface area contributed by atoms with Gasteiger partial charge in [-0.2, -0.15) is 0 Å². The van der Waals surface area contributed by atoms with E-state index in [0.717, 1.165) is 21.2 Å². The number of benzene rings is 3. The van der Waals surface area contributed by atoms with Crippen molar-refractivity contribution >= 4 is 33.7 Å². The molecule has 33 heavy (non-hydrogen) atoms. The molecule has 0 aromatic heterocycles. The van der Waals surface area contributed by atoms with Crippen molar-refractivity contribution in [3.05, 3.63) is 94.5 Å². The molecular weight excluding hydrogens is 484 g/mol. The highest BCUT2D eigenvalue weighted by Gasteiger charge is 2.22. The van der Waals surface area contributed by atoms with Crippen LogP contribution in [0.25, 0.3) is 11.1 Å². The maximum Gasteiger partial charge on any atom is 0.303 e. The molecule has 6 nitrogen and oxygen atoms in total. The predicted octanol–water partition coefficient (Wildman–Crippen LogP) is 4.44. The summed E-state index contributed by atoms with van der Waals surface area (Å²) in [6, 6.07) is 23.7. The van der Waals surface area contributed by atoms with Crippen LogP contribution in [0.2, 0.25) is 0 Å². The molecule has 0 fully saturated rings. The molecule has 0 unspecified atom stereocenters. The van der Waals surface area contributed by atoms with Gasteiger partial charge >= 0.3 is 5.97 Å². The molecule has 0 bridgehead atoms. The van der Waals surface area contributed by atoms with Crippen LogP contribution in [0.1, 0.15) is 28.8 Å². The largest absolute Gasteiger partial charge is 0.481 e. The van der Waals surface area contributed by atoms with Crippen LogP contribution in [0.5, 0.6) is 0 Å². The van der Waals surface area contributed by atoms with Crippen molar-refractivity contribution in [3.63, 3.8) is 0 Å². The zero-order valence-corrected chi connectivity index (χ0v) is 19.5. The maximum absolute atomic E-state index is 12.7.